The van der Waals surface area contributed by atoms with Gasteiger partial charge < -0.3 is 20.3 Å². The highest BCUT2D eigenvalue weighted by atomic mass is 35.5. The van der Waals surface area contributed by atoms with Crippen molar-refractivity contribution in [2.24, 2.45) is 0 Å². The standard InChI is InChI=1S/C14H15ClN4O4S/c15-7-2-1-3-8(4-7)16-13(22)17-14-19-18-12(24-14)10-5-9(21)11(6-20)23-10/h1-4,9-11,20-21H,5-6H2,(H2,16,17,19,22)/t9-,10+,11+/m0/s1. The van der Waals surface area contributed by atoms with Crippen LogP contribution < -0.4 is 10.6 Å². The van der Waals surface area contributed by atoms with E-state index >= 15 is 0 Å². The lowest BCUT2D eigenvalue weighted by Crippen LogP contribution is -2.24. The molecule has 24 heavy (non-hydrogen) atoms. The van der Waals surface area contributed by atoms with Crippen molar-refractivity contribution in [3.05, 3.63) is 34.3 Å². The molecule has 1 aliphatic heterocycles. The fourth-order valence-electron chi connectivity index (χ4n) is 2.29. The van der Waals surface area contributed by atoms with Crippen LogP contribution in [-0.2, 0) is 4.74 Å². The van der Waals surface area contributed by atoms with E-state index in [1.54, 1.807) is 24.3 Å². The Bertz CT molecular complexity index is 728. The number of rotatable bonds is 4. The molecule has 1 aliphatic rings. The van der Waals surface area contributed by atoms with Crippen molar-refractivity contribution in [1.82, 2.24) is 10.2 Å². The molecule has 128 valence electrons. The molecule has 0 saturated carbocycles. The molecule has 1 fully saturated rings. The molecule has 0 unspecified atom stereocenters. The van der Waals surface area contributed by atoms with Crippen molar-refractivity contribution in [2.75, 3.05) is 17.2 Å². The Morgan fingerprint density at radius 3 is 2.96 bits per heavy atom. The van der Waals surface area contributed by atoms with Crippen LogP contribution in [0.4, 0.5) is 15.6 Å². The van der Waals surface area contributed by atoms with Crippen LogP contribution in [0.15, 0.2) is 24.3 Å². The normalized spacial score (nSPS) is 23.2. The summed E-state index contributed by atoms with van der Waals surface area (Å²) < 4.78 is 5.50. The molecule has 3 rings (SSSR count). The summed E-state index contributed by atoms with van der Waals surface area (Å²) in [5, 5.41) is 33.2. The van der Waals surface area contributed by atoms with Gasteiger partial charge in [0.1, 0.15) is 17.2 Å². The summed E-state index contributed by atoms with van der Waals surface area (Å²) in [6.07, 6.45) is -1.48. The number of nitrogens with zero attached hydrogens (tertiary/aromatic N) is 2. The number of anilines is 2. The molecule has 0 spiro atoms. The summed E-state index contributed by atoms with van der Waals surface area (Å²) in [7, 11) is 0. The minimum absolute atomic E-state index is 0.260. The number of nitrogens with one attached hydrogen (secondary N) is 2. The molecule has 10 heteroatoms. The fourth-order valence-corrected chi connectivity index (χ4v) is 3.27. The average Bonchev–Trinajstić information content (AvgIpc) is 3.13. The molecule has 2 heterocycles. The van der Waals surface area contributed by atoms with E-state index in [9.17, 15) is 9.90 Å². The smallest absolute Gasteiger partial charge is 0.325 e. The van der Waals surface area contributed by atoms with Crippen LogP contribution in [0.25, 0.3) is 0 Å². The van der Waals surface area contributed by atoms with Crippen LogP contribution in [0.2, 0.25) is 5.02 Å². The van der Waals surface area contributed by atoms with E-state index in [-0.39, 0.29) is 6.61 Å². The maximum atomic E-state index is 11.9. The quantitative estimate of drug-likeness (QED) is 0.654. The predicted octanol–water partition coefficient (Wildman–Crippen LogP) is 2.02. The molecule has 2 amide bonds. The summed E-state index contributed by atoms with van der Waals surface area (Å²) in [4.78, 5) is 11.9. The first-order valence-electron chi connectivity index (χ1n) is 7.16. The number of urea groups is 1. The van der Waals surface area contributed by atoms with Crippen molar-refractivity contribution in [3.63, 3.8) is 0 Å². The van der Waals surface area contributed by atoms with E-state index in [0.717, 1.165) is 11.3 Å². The third kappa shape index (κ3) is 4.00. The van der Waals surface area contributed by atoms with Gasteiger partial charge in [-0.15, -0.1) is 10.2 Å². The number of benzene rings is 1. The van der Waals surface area contributed by atoms with E-state index < -0.39 is 24.3 Å². The van der Waals surface area contributed by atoms with Crippen LogP contribution >= 0.6 is 22.9 Å². The molecule has 2 aromatic rings. The Morgan fingerprint density at radius 2 is 2.25 bits per heavy atom. The largest absolute Gasteiger partial charge is 0.394 e. The summed E-state index contributed by atoms with van der Waals surface area (Å²) in [5.41, 5.74) is 0.553. The average molecular weight is 371 g/mol. The number of hydrogen-bond acceptors (Lipinski definition) is 7. The topological polar surface area (TPSA) is 117 Å². The van der Waals surface area contributed by atoms with E-state index in [4.69, 9.17) is 21.4 Å². The zero-order chi connectivity index (χ0) is 17.1. The van der Waals surface area contributed by atoms with Crippen LogP contribution in [-0.4, -0.2) is 45.3 Å². The van der Waals surface area contributed by atoms with Gasteiger partial charge in [0.15, 0.2) is 0 Å². The van der Waals surface area contributed by atoms with Gasteiger partial charge in [-0.2, -0.15) is 0 Å². The number of aliphatic hydroxyl groups is 2. The summed E-state index contributed by atoms with van der Waals surface area (Å²) in [6, 6.07) is 6.29. The van der Waals surface area contributed by atoms with Crippen molar-refractivity contribution < 1.29 is 19.7 Å². The highest BCUT2D eigenvalue weighted by molar-refractivity contribution is 7.15. The van der Waals surface area contributed by atoms with E-state index in [0.29, 0.717) is 27.3 Å². The van der Waals surface area contributed by atoms with Crippen LogP contribution in [0.3, 0.4) is 0 Å². The Labute approximate surface area is 146 Å². The van der Waals surface area contributed by atoms with Crippen molar-refractivity contribution in [3.8, 4) is 0 Å². The Balaban J connectivity index is 1.59. The summed E-state index contributed by atoms with van der Waals surface area (Å²) in [5.74, 6) is 0. The van der Waals surface area contributed by atoms with Gasteiger partial charge in [0.05, 0.1) is 12.7 Å². The van der Waals surface area contributed by atoms with Gasteiger partial charge in [0.25, 0.3) is 0 Å². The van der Waals surface area contributed by atoms with Gasteiger partial charge >= 0.3 is 6.03 Å². The first-order valence-corrected chi connectivity index (χ1v) is 8.36. The highest BCUT2D eigenvalue weighted by Crippen LogP contribution is 2.35. The molecule has 3 atom stereocenters. The molecule has 4 N–H and O–H groups in total. The Morgan fingerprint density at radius 1 is 1.42 bits per heavy atom. The number of amides is 2. The number of aromatic nitrogens is 2. The highest BCUT2D eigenvalue weighted by Gasteiger charge is 2.36. The molecule has 1 aromatic heterocycles. The summed E-state index contributed by atoms with van der Waals surface area (Å²) in [6.45, 7) is -0.260. The predicted molar refractivity (Wildman–Crippen MR) is 89.3 cm³/mol. The van der Waals surface area contributed by atoms with Crippen LogP contribution in [0, 0.1) is 0 Å². The van der Waals surface area contributed by atoms with Gasteiger partial charge in [-0.3, -0.25) is 5.32 Å². The van der Waals surface area contributed by atoms with Crippen LogP contribution in [0.1, 0.15) is 17.5 Å². The lowest BCUT2D eigenvalue weighted by atomic mass is 10.1. The zero-order valence-corrected chi connectivity index (χ0v) is 13.9. The molecule has 0 bridgehead atoms. The minimum Gasteiger partial charge on any atom is -0.394 e. The third-order valence-corrected chi connectivity index (χ3v) is 4.59. The lowest BCUT2D eigenvalue weighted by molar-refractivity contribution is -0.0227. The molecule has 0 aliphatic carbocycles. The van der Waals surface area contributed by atoms with Gasteiger partial charge in [0.2, 0.25) is 5.13 Å². The fraction of sp³-hybridized carbons (Fsp3) is 0.357. The Hall–Kier alpha value is -1.78. The molecule has 8 nitrogen and oxygen atoms in total. The summed E-state index contributed by atoms with van der Waals surface area (Å²) >= 11 is 7.00. The van der Waals surface area contributed by atoms with Gasteiger partial charge in [-0.05, 0) is 18.2 Å². The maximum absolute atomic E-state index is 11.9. The Kier molecular flexibility index (Phi) is 5.27. The lowest BCUT2D eigenvalue weighted by Gasteiger charge is -2.09. The maximum Gasteiger partial charge on any atom is 0.325 e. The molecular formula is C14H15ClN4O4S. The second-order valence-electron chi connectivity index (χ2n) is 5.18. The van der Waals surface area contributed by atoms with E-state index in [1.165, 1.54) is 0 Å². The molecule has 1 aromatic carbocycles. The second-order valence-corrected chi connectivity index (χ2v) is 6.63. The monoisotopic (exact) mass is 370 g/mol. The number of aliphatic hydroxyl groups excluding tert-OH is 2. The van der Waals surface area contributed by atoms with Gasteiger partial charge in [-0.25, -0.2) is 4.79 Å². The number of halogens is 1. The van der Waals surface area contributed by atoms with Gasteiger partial charge in [0, 0.05) is 17.1 Å². The number of hydrogen-bond donors (Lipinski definition) is 4. The number of ether oxygens (including phenoxy) is 1. The number of carbonyl (C=O) groups is 1. The minimum atomic E-state index is -0.744. The molecular weight excluding hydrogens is 356 g/mol. The van der Waals surface area contributed by atoms with Crippen molar-refractivity contribution >= 4 is 39.8 Å². The van der Waals surface area contributed by atoms with Gasteiger partial charge in [-0.1, -0.05) is 29.0 Å². The van der Waals surface area contributed by atoms with E-state index in [1.807, 2.05) is 0 Å². The van der Waals surface area contributed by atoms with E-state index in [2.05, 4.69) is 20.8 Å². The SMILES string of the molecule is O=C(Nc1cccc(Cl)c1)Nc1nnc([C@H]2C[C@H](O)[C@@H](CO)O2)s1. The zero-order valence-electron chi connectivity index (χ0n) is 12.3. The van der Waals surface area contributed by atoms with Crippen molar-refractivity contribution in [2.45, 2.75) is 24.7 Å². The first kappa shape index (κ1) is 17.1. The molecule has 0 radical (unpaired) electrons. The van der Waals surface area contributed by atoms with Crippen LogP contribution in [0.5, 0.6) is 0 Å². The van der Waals surface area contributed by atoms with Crippen molar-refractivity contribution in [1.29, 1.82) is 0 Å². The first-order chi connectivity index (χ1) is 11.5. The third-order valence-electron chi connectivity index (χ3n) is 3.42. The second kappa shape index (κ2) is 7.41. The number of carbonyl (C=O) groups excluding carboxylic acids is 1. The molecule has 1 saturated heterocycles.